The molecule has 3 aromatic rings. The fraction of sp³-hybridized carbons (Fsp3) is 0.235. The summed E-state index contributed by atoms with van der Waals surface area (Å²) in [6.07, 6.45) is -0.800. The molecular weight excluding hydrogens is 364 g/mol. The van der Waals surface area contributed by atoms with Crippen molar-refractivity contribution in [2.75, 3.05) is 0 Å². The van der Waals surface area contributed by atoms with Crippen molar-refractivity contribution in [3.05, 3.63) is 55.4 Å². The largest absolute Gasteiger partial charge is 0.507 e. The highest BCUT2D eigenvalue weighted by atomic mass is 35.5. The smallest absolute Gasteiger partial charge is 0.342 e. The molecule has 0 saturated carbocycles. The molecule has 8 heteroatoms. The Morgan fingerprint density at radius 1 is 1.40 bits per heavy atom. The van der Waals surface area contributed by atoms with Crippen LogP contribution in [0.25, 0.3) is 10.2 Å². The van der Waals surface area contributed by atoms with Crippen molar-refractivity contribution < 1.29 is 14.6 Å². The number of aryl methyl sites for hydroxylation is 2. The van der Waals surface area contributed by atoms with Crippen molar-refractivity contribution in [2.24, 2.45) is 0 Å². The summed E-state index contributed by atoms with van der Waals surface area (Å²) in [7, 11) is 0. The number of carbonyl (C=O) groups excluding carboxylic acids is 1. The Bertz CT molecular complexity index is 1040. The number of halogens is 1. The molecule has 0 aliphatic carbocycles. The van der Waals surface area contributed by atoms with E-state index in [-0.39, 0.29) is 22.7 Å². The second kappa shape index (κ2) is 6.50. The van der Waals surface area contributed by atoms with Gasteiger partial charge >= 0.3 is 5.97 Å². The zero-order valence-electron chi connectivity index (χ0n) is 13.7. The maximum absolute atomic E-state index is 12.3. The number of aromatic hydroxyl groups is 1. The first-order valence-corrected chi connectivity index (χ1v) is 8.66. The first-order valence-electron chi connectivity index (χ1n) is 7.47. The number of nitrogens with zero attached hydrogens (tertiary/aromatic N) is 1. The lowest BCUT2D eigenvalue weighted by Crippen LogP contribution is -2.17. The number of hydrogen-bond donors (Lipinski definition) is 2. The van der Waals surface area contributed by atoms with Crippen molar-refractivity contribution in [2.45, 2.75) is 26.9 Å². The molecule has 2 heterocycles. The molecule has 1 aromatic carbocycles. The predicted molar refractivity (Wildman–Crippen MR) is 96.7 cm³/mol. The predicted octanol–water partition coefficient (Wildman–Crippen LogP) is 3.88. The Hall–Kier alpha value is -2.38. The van der Waals surface area contributed by atoms with Gasteiger partial charge in [-0.2, -0.15) is 0 Å². The number of benzene rings is 1. The van der Waals surface area contributed by atoms with Gasteiger partial charge in [-0.1, -0.05) is 11.6 Å². The van der Waals surface area contributed by atoms with Crippen LogP contribution in [-0.2, 0) is 4.74 Å². The molecule has 25 heavy (non-hydrogen) atoms. The van der Waals surface area contributed by atoms with Crippen molar-refractivity contribution in [1.82, 2.24) is 9.97 Å². The van der Waals surface area contributed by atoms with Crippen molar-refractivity contribution >= 4 is 39.1 Å². The Balaban J connectivity index is 1.92. The molecular formula is C17H15ClN2O4S. The fourth-order valence-corrected chi connectivity index (χ4v) is 3.62. The van der Waals surface area contributed by atoms with E-state index in [0.717, 1.165) is 10.4 Å². The van der Waals surface area contributed by atoms with Crippen LogP contribution in [0.5, 0.6) is 5.75 Å². The summed E-state index contributed by atoms with van der Waals surface area (Å²) in [6, 6.07) is 4.09. The average Bonchev–Trinajstić information content (AvgIpc) is 2.84. The summed E-state index contributed by atoms with van der Waals surface area (Å²) in [5.41, 5.74) is 0.578. The standard InChI is InChI=1S/C17H15ClN2O4S/c1-7-9(3)25-16-13(7)15(22)19-14(20-16)8(2)24-17(23)11-6-10(18)4-5-12(11)21/h4-6,8,21H,1-3H3,(H,19,20,22)/t8-/m0/s1. The average molecular weight is 379 g/mol. The SMILES string of the molecule is Cc1sc2nc([C@H](C)OC(=O)c3cc(Cl)ccc3O)[nH]c(=O)c2c1C. The molecule has 0 saturated heterocycles. The van der Waals surface area contributed by atoms with E-state index in [4.69, 9.17) is 16.3 Å². The third-order valence-corrected chi connectivity index (χ3v) is 5.24. The van der Waals surface area contributed by atoms with Crippen LogP contribution in [0.15, 0.2) is 23.0 Å². The lowest BCUT2D eigenvalue weighted by atomic mass is 10.2. The van der Waals surface area contributed by atoms with E-state index >= 15 is 0 Å². The molecule has 1 atom stereocenters. The minimum Gasteiger partial charge on any atom is -0.507 e. The number of fused-ring (bicyclic) bond motifs is 1. The van der Waals surface area contributed by atoms with Crippen LogP contribution in [0.4, 0.5) is 0 Å². The number of ether oxygens (including phenoxy) is 1. The number of aromatic nitrogens is 2. The summed E-state index contributed by atoms with van der Waals surface area (Å²) < 4.78 is 5.31. The molecule has 2 aromatic heterocycles. The Morgan fingerprint density at radius 2 is 2.12 bits per heavy atom. The number of carbonyl (C=O) groups is 1. The summed E-state index contributed by atoms with van der Waals surface area (Å²) in [4.78, 5) is 33.2. The van der Waals surface area contributed by atoms with Crippen LogP contribution in [-0.4, -0.2) is 21.0 Å². The second-order valence-corrected chi connectivity index (χ2v) is 7.26. The highest BCUT2D eigenvalue weighted by Gasteiger charge is 2.21. The van der Waals surface area contributed by atoms with E-state index in [0.29, 0.717) is 15.2 Å². The van der Waals surface area contributed by atoms with E-state index < -0.39 is 12.1 Å². The number of esters is 1. The Morgan fingerprint density at radius 3 is 2.84 bits per heavy atom. The van der Waals surface area contributed by atoms with Crippen molar-refractivity contribution in [1.29, 1.82) is 0 Å². The molecule has 130 valence electrons. The van der Waals surface area contributed by atoms with E-state index in [2.05, 4.69) is 9.97 Å². The van der Waals surface area contributed by atoms with Crippen LogP contribution < -0.4 is 5.56 Å². The van der Waals surface area contributed by atoms with Crippen LogP contribution in [0.2, 0.25) is 5.02 Å². The van der Waals surface area contributed by atoms with Gasteiger partial charge in [-0.3, -0.25) is 4.79 Å². The van der Waals surface area contributed by atoms with Crippen molar-refractivity contribution in [3.8, 4) is 5.75 Å². The summed E-state index contributed by atoms with van der Waals surface area (Å²) in [5, 5.41) is 10.6. The normalized spacial score (nSPS) is 12.3. The number of rotatable bonds is 3. The van der Waals surface area contributed by atoms with Gasteiger partial charge in [0.05, 0.1) is 5.39 Å². The van der Waals surface area contributed by atoms with Gasteiger partial charge in [-0.25, -0.2) is 9.78 Å². The molecule has 0 aliphatic rings. The van der Waals surface area contributed by atoms with Gasteiger partial charge in [-0.05, 0) is 44.5 Å². The molecule has 0 amide bonds. The molecule has 0 unspecified atom stereocenters. The summed E-state index contributed by atoms with van der Waals surface area (Å²) >= 11 is 7.26. The summed E-state index contributed by atoms with van der Waals surface area (Å²) in [6.45, 7) is 5.39. The lowest BCUT2D eigenvalue weighted by molar-refractivity contribution is 0.0317. The van der Waals surface area contributed by atoms with Crippen LogP contribution >= 0.6 is 22.9 Å². The monoisotopic (exact) mass is 378 g/mol. The Kier molecular flexibility index (Phi) is 4.53. The maximum atomic E-state index is 12.3. The molecule has 3 rings (SSSR count). The van der Waals surface area contributed by atoms with Gasteiger partial charge < -0.3 is 14.8 Å². The van der Waals surface area contributed by atoms with E-state index in [1.165, 1.54) is 29.5 Å². The highest BCUT2D eigenvalue weighted by Crippen LogP contribution is 2.28. The number of hydrogen-bond acceptors (Lipinski definition) is 6. The first-order chi connectivity index (χ1) is 11.8. The van der Waals surface area contributed by atoms with E-state index in [9.17, 15) is 14.7 Å². The molecule has 2 N–H and O–H groups in total. The molecule has 6 nitrogen and oxygen atoms in total. The first kappa shape index (κ1) is 17.4. The van der Waals surface area contributed by atoms with E-state index in [1.807, 2.05) is 13.8 Å². The molecule has 0 aliphatic heterocycles. The number of aromatic amines is 1. The number of phenolic OH excluding ortho intramolecular Hbond substituents is 1. The highest BCUT2D eigenvalue weighted by molar-refractivity contribution is 7.18. The minimum absolute atomic E-state index is 0.0504. The quantitative estimate of drug-likeness (QED) is 0.675. The van der Waals surface area contributed by atoms with Gasteiger partial charge in [0.25, 0.3) is 5.56 Å². The fourth-order valence-electron chi connectivity index (χ4n) is 2.42. The van der Waals surface area contributed by atoms with Crippen LogP contribution in [0.1, 0.15) is 39.7 Å². The minimum atomic E-state index is -0.800. The third-order valence-electron chi connectivity index (χ3n) is 3.90. The lowest BCUT2D eigenvalue weighted by Gasteiger charge is -2.13. The number of phenols is 1. The maximum Gasteiger partial charge on any atom is 0.342 e. The van der Waals surface area contributed by atoms with Gasteiger partial charge in [0.15, 0.2) is 11.9 Å². The number of thiophene rings is 1. The zero-order valence-corrected chi connectivity index (χ0v) is 15.3. The number of nitrogens with one attached hydrogen (secondary N) is 1. The van der Waals surface area contributed by atoms with E-state index in [1.54, 1.807) is 6.92 Å². The van der Waals surface area contributed by atoms with Crippen molar-refractivity contribution in [3.63, 3.8) is 0 Å². The topological polar surface area (TPSA) is 92.3 Å². The van der Waals surface area contributed by atoms with Crippen LogP contribution in [0.3, 0.4) is 0 Å². The molecule has 0 fully saturated rings. The zero-order chi connectivity index (χ0) is 18.3. The summed E-state index contributed by atoms with van der Waals surface area (Å²) in [5.74, 6) is -0.745. The van der Waals surface area contributed by atoms with Gasteiger partial charge in [0.1, 0.15) is 16.1 Å². The van der Waals surface area contributed by atoms with Gasteiger partial charge in [0.2, 0.25) is 0 Å². The third kappa shape index (κ3) is 3.25. The van der Waals surface area contributed by atoms with Gasteiger partial charge in [0, 0.05) is 9.90 Å². The molecule has 0 spiro atoms. The Labute approximate surface area is 152 Å². The second-order valence-electron chi connectivity index (χ2n) is 5.62. The van der Waals surface area contributed by atoms with Gasteiger partial charge in [-0.15, -0.1) is 11.3 Å². The molecule has 0 bridgehead atoms. The molecule has 0 radical (unpaired) electrons. The number of H-pyrrole nitrogens is 1. The van der Waals surface area contributed by atoms with Crippen LogP contribution in [0, 0.1) is 13.8 Å².